The number of anilines is 1. The number of hydrogen-bond donors (Lipinski definition) is 2. The number of aromatic hydroxyl groups is 1. The summed E-state index contributed by atoms with van der Waals surface area (Å²) in [6, 6.07) is 6.32. The Bertz CT molecular complexity index is 295. The fourth-order valence-corrected chi connectivity index (χ4v) is 0.963. The standard InChI is InChI=1S/C10H13NO3/c1-14-7-6-10(13)11-8-2-4-9(12)5-3-8/h2-5,12H,6-7H2,1H3,(H,11,13). The van der Waals surface area contributed by atoms with Crippen LogP contribution in [-0.4, -0.2) is 24.7 Å². The zero-order valence-corrected chi connectivity index (χ0v) is 7.99. The van der Waals surface area contributed by atoms with Gasteiger partial charge < -0.3 is 15.2 Å². The molecule has 0 fully saturated rings. The first-order valence-electron chi connectivity index (χ1n) is 4.30. The lowest BCUT2D eigenvalue weighted by molar-refractivity contribution is -0.117. The second-order valence-electron chi connectivity index (χ2n) is 2.84. The van der Waals surface area contributed by atoms with Crippen molar-refractivity contribution in [1.29, 1.82) is 0 Å². The molecule has 0 aliphatic rings. The highest BCUT2D eigenvalue weighted by Crippen LogP contribution is 2.13. The molecule has 0 heterocycles. The Morgan fingerprint density at radius 2 is 2.07 bits per heavy atom. The van der Waals surface area contributed by atoms with Crippen molar-refractivity contribution in [1.82, 2.24) is 0 Å². The van der Waals surface area contributed by atoms with Crippen LogP contribution in [0.1, 0.15) is 6.42 Å². The largest absolute Gasteiger partial charge is 0.508 e. The van der Waals surface area contributed by atoms with Crippen LogP contribution in [0.15, 0.2) is 24.3 Å². The topological polar surface area (TPSA) is 58.6 Å². The van der Waals surface area contributed by atoms with Crippen molar-refractivity contribution in [2.75, 3.05) is 19.0 Å². The molecular formula is C10H13NO3. The van der Waals surface area contributed by atoms with Gasteiger partial charge in [0, 0.05) is 12.8 Å². The van der Waals surface area contributed by atoms with Crippen LogP contribution in [0.5, 0.6) is 5.75 Å². The van der Waals surface area contributed by atoms with Crippen molar-refractivity contribution in [2.24, 2.45) is 0 Å². The van der Waals surface area contributed by atoms with E-state index in [-0.39, 0.29) is 11.7 Å². The number of phenolic OH excluding ortho intramolecular Hbond substituents is 1. The molecule has 1 rings (SSSR count). The second kappa shape index (κ2) is 5.24. The van der Waals surface area contributed by atoms with E-state index in [1.165, 1.54) is 12.1 Å². The Morgan fingerprint density at radius 1 is 1.43 bits per heavy atom. The van der Waals surface area contributed by atoms with Crippen molar-refractivity contribution in [3.8, 4) is 5.75 Å². The lowest BCUT2D eigenvalue weighted by atomic mass is 10.3. The molecule has 0 bridgehead atoms. The van der Waals surface area contributed by atoms with Crippen molar-refractivity contribution in [3.63, 3.8) is 0 Å². The highest BCUT2D eigenvalue weighted by Gasteiger charge is 2.00. The maximum atomic E-state index is 11.2. The number of carbonyl (C=O) groups excluding carboxylic acids is 1. The third-order valence-corrected chi connectivity index (χ3v) is 1.68. The fraction of sp³-hybridized carbons (Fsp3) is 0.300. The molecule has 2 N–H and O–H groups in total. The number of benzene rings is 1. The first-order chi connectivity index (χ1) is 6.72. The third kappa shape index (κ3) is 3.45. The first-order valence-corrected chi connectivity index (χ1v) is 4.30. The molecule has 0 saturated heterocycles. The monoisotopic (exact) mass is 195 g/mol. The van der Waals surface area contributed by atoms with Crippen molar-refractivity contribution in [2.45, 2.75) is 6.42 Å². The molecule has 1 amide bonds. The molecule has 4 nitrogen and oxygen atoms in total. The zero-order chi connectivity index (χ0) is 10.4. The van der Waals surface area contributed by atoms with Gasteiger partial charge in [0.1, 0.15) is 5.75 Å². The van der Waals surface area contributed by atoms with E-state index in [9.17, 15) is 4.79 Å². The van der Waals surface area contributed by atoms with Crippen LogP contribution in [0.4, 0.5) is 5.69 Å². The van der Waals surface area contributed by atoms with Crippen LogP contribution in [-0.2, 0) is 9.53 Å². The van der Waals surface area contributed by atoms with Gasteiger partial charge in [0.15, 0.2) is 0 Å². The quantitative estimate of drug-likeness (QED) is 0.713. The molecule has 76 valence electrons. The number of methoxy groups -OCH3 is 1. The molecule has 4 heteroatoms. The number of phenols is 1. The number of carbonyl (C=O) groups is 1. The molecule has 1 aromatic carbocycles. The summed E-state index contributed by atoms with van der Waals surface area (Å²) in [5.74, 6) is 0.0810. The summed E-state index contributed by atoms with van der Waals surface area (Å²) in [7, 11) is 1.55. The Kier molecular flexibility index (Phi) is 3.94. The van der Waals surface area contributed by atoms with E-state index in [0.29, 0.717) is 18.7 Å². The highest BCUT2D eigenvalue weighted by molar-refractivity contribution is 5.90. The summed E-state index contributed by atoms with van der Waals surface area (Å²) in [5.41, 5.74) is 0.670. The van der Waals surface area contributed by atoms with Gasteiger partial charge in [-0.1, -0.05) is 0 Å². The maximum Gasteiger partial charge on any atom is 0.226 e. The van der Waals surface area contributed by atoms with E-state index in [1.807, 2.05) is 0 Å². The van der Waals surface area contributed by atoms with E-state index in [0.717, 1.165) is 0 Å². The van der Waals surface area contributed by atoms with E-state index >= 15 is 0 Å². The number of rotatable bonds is 4. The normalized spacial score (nSPS) is 9.79. The van der Waals surface area contributed by atoms with E-state index in [4.69, 9.17) is 9.84 Å². The molecule has 0 radical (unpaired) electrons. The van der Waals surface area contributed by atoms with Gasteiger partial charge in [0.2, 0.25) is 5.91 Å². The van der Waals surface area contributed by atoms with Gasteiger partial charge in [-0.25, -0.2) is 0 Å². The molecule has 0 aromatic heterocycles. The minimum absolute atomic E-state index is 0.0995. The Labute approximate surface area is 82.5 Å². The molecule has 0 aliphatic carbocycles. The van der Waals surface area contributed by atoms with Gasteiger partial charge in [-0.3, -0.25) is 4.79 Å². The summed E-state index contributed by atoms with van der Waals surface area (Å²) in [6.45, 7) is 0.407. The van der Waals surface area contributed by atoms with Crippen LogP contribution >= 0.6 is 0 Å². The van der Waals surface area contributed by atoms with Crippen LogP contribution in [0.2, 0.25) is 0 Å². The average molecular weight is 195 g/mol. The molecule has 0 saturated carbocycles. The van der Waals surface area contributed by atoms with Gasteiger partial charge in [0.05, 0.1) is 13.0 Å². The summed E-state index contributed by atoms with van der Waals surface area (Å²) in [4.78, 5) is 11.2. The van der Waals surface area contributed by atoms with Gasteiger partial charge in [-0.15, -0.1) is 0 Å². The summed E-state index contributed by atoms with van der Waals surface area (Å²) in [6.07, 6.45) is 0.331. The van der Waals surface area contributed by atoms with Crippen LogP contribution in [0.25, 0.3) is 0 Å². The second-order valence-corrected chi connectivity index (χ2v) is 2.84. The zero-order valence-electron chi connectivity index (χ0n) is 7.99. The molecule has 0 aliphatic heterocycles. The lowest BCUT2D eigenvalue weighted by Crippen LogP contribution is -2.13. The first kappa shape index (κ1) is 10.5. The predicted molar refractivity (Wildman–Crippen MR) is 53.2 cm³/mol. The van der Waals surface area contributed by atoms with Crippen LogP contribution in [0, 0.1) is 0 Å². The number of hydrogen-bond acceptors (Lipinski definition) is 3. The van der Waals surface area contributed by atoms with Gasteiger partial charge in [-0.05, 0) is 24.3 Å². The molecular weight excluding hydrogens is 182 g/mol. The minimum Gasteiger partial charge on any atom is -0.508 e. The third-order valence-electron chi connectivity index (χ3n) is 1.68. The molecule has 0 atom stereocenters. The number of ether oxygens (including phenoxy) is 1. The van der Waals surface area contributed by atoms with Crippen LogP contribution < -0.4 is 5.32 Å². The lowest BCUT2D eigenvalue weighted by Gasteiger charge is -2.04. The van der Waals surface area contributed by atoms with Crippen molar-refractivity contribution in [3.05, 3.63) is 24.3 Å². The Morgan fingerprint density at radius 3 is 2.64 bits per heavy atom. The predicted octanol–water partition coefficient (Wildman–Crippen LogP) is 1.37. The smallest absolute Gasteiger partial charge is 0.226 e. The molecule has 1 aromatic rings. The van der Waals surface area contributed by atoms with Gasteiger partial charge >= 0.3 is 0 Å². The molecule has 0 unspecified atom stereocenters. The number of amides is 1. The summed E-state index contributed by atoms with van der Waals surface area (Å²) < 4.78 is 4.77. The number of nitrogens with one attached hydrogen (secondary N) is 1. The molecule has 14 heavy (non-hydrogen) atoms. The summed E-state index contributed by atoms with van der Waals surface area (Å²) in [5, 5.41) is 11.7. The molecule has 0 spiro atoms. The van der Waals surface area contributed by atoms with Crippen LogP contribution in [0.3, 0.4) is 0 Å². The SMILES string of the molecule is COCCC(=O)Nc1ccc(O)cc1. The van der Waals surface area contributed by atoms with Gasteiger partial charge in [-0.2, -0.15) is 0 Å². The fourth-order valence-electron chi connectivity index (χ4n) is 0.963. The van der Waals surface area contributed by atoms with E-state index < -0.39 is 0 Å². The van der Waals surface area contributed by atoms with Crippen molar-refractivity contribution >= 4 is 11.6 Å². The summed E-state index contributed by atoms with van der Waals surface area (Å²) >= 11 is 0. The van der Waals surface area contributed by atoms with Crippen molar-refractivity contribution < 1.29 is 14.6 Å². The maximum absolute atomic E-state index is 11.2. The van der Waals surface area contributed by atoms with Gasteiger partial charge in [0.25, 0.3) is 0 Å². The van der Waals surface area contributed by atoms with E-state index in [2.05, 4.69) is 5.32 Å². The average Bonchev–Trinajstić information content (AvgIpc) is 2.18. The Hall–Kier alpha value is -1.55. The highest BCUT2D eigenvalue weighted by atomic mass is 16.5. The van der Waals surface area contributed by atoms with E-state index in [1.54, 1.807) is 19.2 Å². The Balaban J connectivity index is 2.44. The minimum atomic E-state index is -0.0995.